The Kier molecular flexibility index (Phi) is 1.52. The fourth-order valence-corrected chi connectivity index (χ4v) is 1.30. The summed E-state index contributed by atoms with van der Waals surface area (Å²) in [5.74, 6) is 0. The second kappa shape index (κ2) is 2.43. The Bertz CT molecular complexity index is 296. The van der Waals surface area contributed by atoms with Crippen molar-refractivity contribution in [3.8, 4) is 0 Å². The maximum atomic E-state index is 5.98. The molecule has 0 amide bonds. The number of hydrogen-bond acceptors (Lipinski definition) is 4. The minimum Gasteiger partial charge on any atom is -0.398 e. The minimum absolute atomic E-state index is 0.404. The van der Waals surface area contributed by atoms with Crippen LogP contribution in [0, 0.1) is 0 Å². The molecular formula is C8H11N3O. The number of nitrogen functional groups attached to an aromatic ring is 1. The van der Waals surface area contributed by atoms with Crippen LogP contribution >= 0.6 is 0 Å². The Hall–Kier alpha value is -1.13. The van der Waals surface area contributed by atoms with E-state index in [0.717, 1.165) is 5.56 Å². The van der Waals surface area contributed by atoms with Gasteiger partial charge in [0, 0.05) is 23.6 Å². The van der Waals surface area contributed by atoms with Gasteiger partial charge in [0.15, 0.2) is 0 Å². The minimum atomic E-state index is -0.404. The summed E-state index contributed by atoms with van der Waals surface area (Å²) in [4.78, 5) is 3.98. The zero-order valence-corrected chi connectivity index (χ0v) is 6.66. The van der Waals surface area contributed by atoms with Crippen LogP contribution in [0.15, 0.2) is 18.5 Å². The quantitative estimate of drug-likeness (QED) is 0.606. The first-order chi connectivity index (χ1) is 5.72. The van der Waals surface area contributed by atoms with E-state index in [4.69, 9.17) is 16.2 Å². The summed E-state index contributed by atoms with van der Waals surface area (Å²) in [6.45, 7) is 1.06. The molecule has 1 saturated heterocycles. The molecule has 1 aliphatic rings. The lowest BCUT2D eigenvalue weighted by Gasteiger charge is -2.38. The lowest BCUT2D eigenvalue weighted by molar-refractivity contribution is -0.0566. The van der Waals surface area contributed by atoms with E-state index in [0.29, 0.717) is 18.9 Å². The van der Waals surface area contributed by atoms with Gasteiger partial charge in [-0.25, -0.2) is 0 Å². The molecule has 0 bridgehead atoms. The molecule has 0 aromatic carbocycles. The monoisotopic (exact) mass is 165 g/mol. The first kappa shape index (κ1) is 7.52. The van der Waals surface area contributed by atoms with Crippen molar-refractivity contribution in [1.29, 1.82) is 0 Å². The highest BCUT2D eigenvalue weighted by Crippen LogP contribution is 2.29. The van der Waals surface area contributed by atoms with E-state index in [1.807, 2.05) is 0 Å². The molecule has 0 radical (unpaired) electrons. The molecule has 2 heterocycles. The standard InChI is InChI=1S/C8H11N3O/c9-7-1-2-11-3-6(7)8(10)4-12-5-8/h1-3H,4-5,10H2,(H2,9,11). The normalized spacial score (nSPS) is 20.1. The molecule has 0 aliphatic carbocycles. The van der Waals surface area contributed by atoms with Crippen LogP contribution in [-0.4, -0.2) is 18.2 Å². The molecule has 2 rings (SSSR count). The molecule has 0 saturated carbocycles. The summed E-state index contributed by atoms with van der Waals surface area (Å²) < 4.78 is 5.04. The van der Waals surface area contributed by atoms with Crippen molar-refractivity contribution in [2.24, 2.45) is 5.73 Å². The molecule has 0 unspecified atom stereocenters. The molecule has 4 nitrogen and oxygen atoms in total. The number of hydrogen-bond donors (Lipinski definition) is 2. The fourth-order valence-electron chi connectivity index (χ4n) is 1.30. The van der Waals surface area contributed by atoms with Crippen molar-refractivity contribution in [2.45, 2.75) is 5.54 Å². The number of rotatable bonds is 1. The molecule has 0 spiro atoms. The van der Waals surface area contributed by atoms with E-state index >= 15 is 0 Å². The lowest BCUT2D eigenvalue weighted by atomic mass is 9.89. The highest BCUT2D eigenvalue weighted by molar-refractivity contribution is 5.49. The molecule has 64 valence electrons. The van der Waals surface area contributed by atoms with Crippen molar-refractivity contribution in [3.05, 3.63) is 24.0 Å². The predicted molar refractivity (Wildman–Crippen MR) is 45.3 cm³/mol. The number of aromatic nitrogens is 1. The number of pyridine rings is 1. The number of anilines is 1. The Morgan fingerprint density at radius 1 is 1.50 bits per heavy atom. The van der Waals surface area contributed by atoms with E-state index in [1.54, 1.807) is 18.5 Å². The van der Waals surface area contributed by atoms with E-state index < -0.39 is 5.54 Å². The molecule has 1 aromatic heterocycles. The summed E-state index contributed by atoms with van der Waals surface area (Å²) in [6.07, 6.45) is 3.36. The smallest absolute Gasteiger partial charge is 0.0918 e. The van der Waals surface area contributed by atoms with E-state index in [2.05, 4.69) is 4.98 Å². The average Bonchev–Trinajstić information content (AvgIpc) is 2.01. The first-order valence-electron chi connectivity index (χ1n) is 3.79. The second-order valence-electron chi connectivity index (χ2n) is 3.11. The van der Waals surface area contributed by atoms with Crippen LogP contribution in [0.5, 0.6) is 0 Å². The fraction of sp³-hybridized carbons (Fsp3) is 0.375. The molecule has 1 aromatic rings. The van der Waals surface area contributed by atoms with Gasteiger partial charge in [0.25, 0.3) is 0 Å². The third-order valence-corrected chi connectivity index (χ3v) is 2.11. The van der Waals surface area contributed by atoms with Gasteiger partial charge in [-0.15, -0.1) is 0 Å². The van der Waals surface area contributed by atoms with E-state index in [1.165, 1.54) is 0 Å². The second-order valence-corrected chi connectivity index (χ2v) is 3.11. The predicted octanol–water partition coefficient (Wildman–Crippen LogP) is -0.152. The van der Waals surface area contributed by atoms with Crippen LogP contribution in [0.2, 0.25) is 0 Å². The summed E-state index contributed by atoms with van der Waals surface area (Å²) in [7, 11) is 0. The molecule has 4 N–H and O–H groups in total. The highest BCUT2D eigenvalue weighted by atomic mass is 16.5. The zero-order valence-electron chi connectivity index (χ0n) is 6.66. The van der Waals surface area contributed by atoms with Gasteiger partial charge in [0.2, 0.25) is 0 Å². The molecule has 1 aliphatic heterocycles. The summed E-state index contributed by atoms with van der Waals surface area (Å²) in [5.41, 5.74) is 12.9. The third kappa shape index (κ3) is 0.964. The van der Waals surface area contributed by atoms with E-state index in [9.17, 15) is 0 Å². The maximum Gasteiger partial charge on any atom is 0.0918 e. The van der Waals surface area contributed by atoms with Crippen LogP contribution in [0.25, 0.3) is 0 Å². The highest BCUT2D eigenvalue weighted by Gasteiger charge is 2.37. The number of nitrogens with two attached hydrogens (primary N) is 2. The van der Waals surface area contributed by atoms with Crippen molar-refractivity contribution >= 4 is 5.69 Å². The van der Waals surface area contributed by atoms with Crippen molar-refractivity contribution in [3.63, 3.8) is 0 Å². The Balaban J connectivity index is 2.39. The maximum absolute atomic E-state index is 5.98. The zero-order chi connectivity index (χ0) is 8.60. The summed E-state index contributed by atoms with van der Waals surface area (Å²) in [6, 6.07) is 1.75. The van der Waals surface area contributed by atoms with Crippen LogP contribution in [0.1, 0.15) is 5.56 Å². The Labute approximate surface area is 70.5 Å². The topological polar surface area (TPSA) is 74.2 Å². The molecule has 12 heavy (non-hydrogen) atoms. The number of ether oxygens (including phenoxy) is 1. The van der Waals surface area contributed by atoms with Crippen LogP contribution in [0.4, 0.5) is 5.69 Å². The lowest BCUT2D eigenvalue weighted by Crippen LogP contribution is -2.54. The van der Waals surface area contributed by atoms with Crippen molar-refractivity contribution < 1.29 is 4.74 Å². The Morgan fingerprint density at radius 3 is 2.75 bits per heavy atom. The van der Waals surface area contributed by atoms with Gasteiger partial charge in [-0.2, -0.15) is 0 Å². The average molecular weight is 165 g/mol. The van der Waals surface area contributed by atoms with Crippen molar-refractivity contribution in [1.82, 2.24) is 4.98 Å². The van der Waals surface area contributed by atoms with Gasteiger partial charge in [-0.05, 0) is 6.07 Å². The van der Waals surface area contributed by atoms with Crippen molar-refractivity contribution in [2.75, 3.05) is 18.9 Å². The Morgan fingerprint density at radius 2 is 2.25 bits per heavy atom. The third-order valence-electron chi connectivity index (χ3n) is 2.11. The molecule has 1 fully saturated rings. The molecule has 4 heteroatoms. The summed E-state index contributed by atoms with van der Waals surface area (Å²) >= 11 is 0. The van der Waals surface area contributed by atoms with E-state index in [-0.39, 0.29) is 0 Å². The first-order valence-corrected chi connectivity index (χ1v) is 3.79. The summed E-state index contributed by atoms with van der Waals surface area (Å²) in [5, 5.41) is 0. The molecular weight excluding hydrogens is 154 g/mol. The van der Waals surface area contributed by atoms with Gasteiger partial charge in [-0.1, -0.05) is 0 Å². The van der Waals surface area contributed by atoms with Gasteiger partial charge < -0.3 is 16.2 Å². The van der Waals surface area contributed by atoms with Crippen LogP contribution in [0.3, 0.4) is 0 Å². The van der Waals surface area contributed by atoms with Gasteiger partial charge >= 0.3 is 0 Å². The van der Waals surface area contributed by atoms with Gasteiger partial charge in [-0.3, -0.25) is 4.98 Å². The van der Waals surface area contributed by atoms with Crippen LogP contribution < -0.4 is 11.5 Å². The van der Waals surface area contributed by atoms with Gasteiger partial charge in [0.1, 0.15) is 0 Å². The van der Waals surface area contributed by atoms with Gasteiger partial charge in [0.05, 0.1) is 18.8 Å². The molecule has 0 atom stereocenters. The SMILES string of the molecule is Nc1ccncc1C1(N)COC1. The van der Waals surface area contributed by atoms with Crippen LogP contribution in [-0.2, 0) is 10.3 Å². The largest absolute Gasteiger partial charge is 0.398 e. The number of nitrogens with zero attached hydrogens (tertiary/aromatic N) is 1.